The minimum Gasteiger partial charge on any atom is -0.384 e. The van der Waals surface area contributed by atoms with Gasteiger partial charge in [0.1, 0.15) is 0 Å². The van der Waals surface area contributed by atoms with Crippen molar-refractivity contribution in [2.45, 2.75) is 25.8 Å². The zero-order chi connectivity index (χ0) is 10.8. The predicted octanol–water partition coefficient (Wildman–Crippen LogP) is 0.640. The van der Waals surface area contributed by atoms with Crippen LogP contribution in [0, 0.1) is 5.92 Å². The molecule has 1 fully saturated rings. The lowest BCUT2D eigenvalue weighted by molar-refractivity contribution is -0.134. The molecule has 0 aliphatic carbocycles. The molecule has 0 saturated carbocycles. The smallest absolute Gasteiger partial charge is 0.242 e. The van der Waals surface area contributed by atoms with Crippen molar-refractivity contribution >= 4 is 18.3 Å². The van der Waals surface area contributed by atoms with Gasteiger partial charge in [0.2, 0.25) is 5.91 Å². The van der Waals surface area contributed by atoms with Crippen molar-refractivity contribution in [2.24, 2.45) is 11.7 Å². The molecule has 0 aromatic heterocycles. The minimum absolute atomic E-state index is 0. The molecule has 1 saturated heterocycles. The van der Waals surface area contributed by atoms with Crippen LogP contribution in [0.1, 0.15) is 20.3 Å². The van der Waals surface area contributed by atoms with Gasteiger partial charge in [0, 0.05) is 26.1 Å². The summed E-state index contributed by atoms with van der Waals surface area (Å²) in [5, 5.41) is 0. The summed E-state index contributed by atoms with van der Waals surface area (Å²) in [6, 6.07) is 0. The molecule has 0 radical (unpaired) electrons. The average molecular weight is 237 g/mol. The van der Waals surface area contributed by atoms with E-state index in [1.807, 2.05) is 4.90 Å². The Bertz CT molecular complexity index is 216. The minimum atomic E-state index is -0.748. The molecule has 1 aliphatic rings. The van der Waals surface area contributed by atoms with E-state index >= 15 is 0 Å². The number of nitrogens with zero attached hydrogens (tertiary/aromatic N) is 1. The molecule has 0 bridgehead atoms. The molecule has 1 aliphatic heterocycles. The largest absolute Gasteiger partial charge is 0.384 e. The molecular formula is C10H21ClN2O2. The van der Waals surface area contributed by atoms with Crippen LogP contribution in [0.3, 0.4) is 0 Å². The van der Waals surface area contributed by atoms with Gasteiger partial charge >= 0.3 is 0 Å². The van der Waals surface area contributed by atoms with Gasteiger partial charge in [0.05, 0.1) is 12.1 Å². The summed E-state index contributed by atoms with van der Waals surface area (Å²) in [6.45, 7) is 5.83. The van der Waals surface area contributed by atoms with E-state index < -0.39 is 5.54 Å². The number of ether oxygens (including phenoxy) is 1. The Hall–Kier alpha value is -0.320. The summed E-state index contributed by atoms with van der Waals surface area (Å²) in [5.74, 6) is 0.516. The number of halogens is 1. The molecule has 1 rings (SSSR count). The summed E-state index contributed by atoms with van der Waals surface area (Å²) >= 11 is 0. The Labute approximate surface area is 97.5 Å². The first-order valence-electron chi connectivity index (χ1n) is 5.02. The van der Waals surface area contributed by atoms with Crippen molar-refractivity contribution in [3.8, 4) is 0 Å². The monoisotopic (exact) mass is 236 g/mol. The third-order valence-corrected chi connectivity index (χ3v) is 2.53. The highest BCUT2D eigenvalue weighted by molar-refractivity contribution is 5.85. The van der Waals surface area contributed by atoms with E-state index in [0.29, 0.717) is 5.92 Å². The fraction of sp³-hybridized carbons (Fsp3) is 0.900. The summed E-state index contributed by atoms with van der Waals surface area (Å²) < 4.78 is 5.07. The van der Waals surface area contributed by atoms with Crippen LogP contribution in [0.2, 0.25) is 0 Å². The maximum atomic E-state index is 11.8. The van der Waals surface area contributed by atoms with Crippen LogP contribution in [0.5, 0.6) is 0 Å². The molecule has 90 valence electrons. The van der Waals surface area contributed by atoms with Gasteiger partial charge in [0.25, 0.3) is 0 Å². The summed E-state index contributed by atoms with van der Waals surface area (Å²) in [4.78, 5) is 13.6. The van der Waals surface area contributed by atoms with Gasteiger partial charge < -0.3 is 15.4 Å². The topological polar surface area (TPSA) is 55.6 Å². The number of hydrogen-bond acceptors (Lipinski definition) is 3. The number of methoxy groups -OCH3 is 1. The Morgan fingerprint density at radius 2 is 2.20 bits per heavy atom. The van der Waals surface area contributed by atoms with Gasteiger partial charge in [0.15, 0.2) is 0 Å². The van der Waals surface area contributed by atoms with E-state index in [1.165, 1.54) is 0 Å². The Morgan fingerprint density at radius 1 is 1.60 bits per heavy atom. The van der Waals surface area contributed by atoms with Crippen molar-refractivity contribution in [3.63, 3.8) is 0 Å². The first kappa shape index (κ1) is 14.7. The van der Waals surface area contributed by atoms with Crippen LogP contribution in [-0.4, -0.2) is 43.2 Å². The van der Waals surface area contributed by atoms with Gasteiger partial charge in [-0.05, 0) is 20.3 Å². The van der Waals surface area contributed by atoms with Crippen LogP contribution in [0.4, 0.5) is 0 Å². The first-order valence-corrected chi connectivity index (χ1v) is 5.02. The zero-order valence-electron chi connectivity index (χ0n) is 9.66. The van der Waals surface area contributed by atoms with Crippen LogP contribution >= 0.6 is 12.4 Å². The van der Waals surface area contributed by atoms with Crippen LogP contribution in [0.25, 0.3) is 0 Å². The summed E-state index contributed by atoms with van der Waals surface area (Å²) in [6.07, 6.45) is 1.02. The average Bonchev–Trinajstić information content (AvgIpc) is 2.50. The van der Waals surface area contributed by atoms with Gasteiger partial charge in [-0.15, -0.1) is 12.4 Å². The van der Waals surface area contributed by atoms with Crippen LogP contribution in [0.15, 0.2) is 0 Å². The Kier molecular flexibility index (Phi) is 5.56. The standard InChI is InChI=1S/C10H20N2O2.ClH/c1-10(2,11)9(13)12-5-4-8(6-12)7-14-3;/h8H,4-7,11H2,1-3H3;1H. The van der Waals surface area contributed by atoms with E-state index in [2.05, 4.69) is 0 Å². The lowest BCUT2D eigenvalue weighted by Crippen LogP contribution is -2.50. The molecule has 1 unspecified atom stereocenters. The number of nitrogens with two attached hydrogens (primary N) is 1. The van der Waals surface area contributed by atoms with Gasteiger partial charge in [-0.25, -0.2) is 0 Å². The molecule has 0 aromatic rings. The summed E-state index contributed by atoms with van der Waals surface area (Å²) in [7, 11) is 1.69. The van der Waals surface area contributed by atoms with Gasteiger partial charge in [-0.1, -0.05) is 0 Å². The number of carbonyl (C=O) groups excluding carboxylic acids is 1. The molecule has 5 heteroatoms. The van der Waals surface area contributed by atoms with Crippen molar-refractivity contribution < 1.29 is 9.53 Å². The molecule has 0 spiro atoms. The van der Waals surface area contributed by atoms with Crippen LogP contribution in [-0.2, 0) is 9.53 Å². The molecule has 1 amide bonds. The van der Waals surface area contributed by atoms with Crippen molar-refractivity contribution in [2.75, 3.05) is 26.8 Å². The third-order valence-electron chi connectivity index (χ3n) is 2.53. The molecule has 15 heavy (non-hydrogen) atoms. The Morgan fingerprint density at radius 3 is 2.67 bits per heavy atom. The first-order chi connectivity index (χ1) is 6.45. The third kappa shape index (κ3) is 3.97. The van der Waals surface area contributed by atoms with E-state index in [0.717, 1.165) is 26.1 Å². The SMILES string of the molecule is COCC1CCN(C(=O)C(C)(C)N)C1.Cl. The zero-order valence-corrected chi connectivity index (χ0v) is 10.5. The maximum absolute atomic E-state index is 11.8. The summed E-state index contributed by atoms with van der Waals surface area (Å²) in [5.41, 5.74) is 5.01. The second kappa shape index (κ2) is 5.68. The van der Waals surface area contributed by atoms with Crippen LogP contribution < -0.4 is 5.73 Å². The number of likely N-dealkylation sites (tertiary alicyclic amines) is 1. The quantitative estimate of drug-likeness (QED) is 0.783. The lowest BCUT2D eigenvalue weighted by atomic mass is 10.1. The normalized spacial score (nSPS) is 21.3. The van der Waals surface area contributed by atoms with E-state index in [-0.39, 0.29) is 18.3 Å². The highest BCUT2D eigenvalue weighted by atomic mass is 35.5. The second-order valence-corrected chi connectivity index (χ2v) is 4.58. The number of rotatable bonds is 3. The maximum Gasteiger partial charge on any atom is 0.242 e. The molecule has 0 aromatic carbocycles. The lowest BCUT2D eigenvalue weighted by Gasteiger charge is -2.25. The van der Waals surface area contributed by atoms with Crippen molar-refractivity contribution in [3.05, 3.63) is 0 Å². The number of hydrogen-bond donors (Lipinski definition) is 1. The predicted molar refractivity (Wildman–Crippen MR) is 62.1 cm³/mol. The number of amides is 1. The number of carbonyl (C=O) groups is 1. The fourth-order valence-electron chi connectivity index (χ4n) is 1.80. The van der Waals surface area contributed by atoms with Crippen molar-refractivity contribution in [1.29, 1.82) is 0 Å². The molecule has 2 N–H and O–H groups in total. The highest BCUT2D eigenvalue weighted by Crippen LogP contribution is 2.18. The van der Waals surface area contributed by atoms with Gasteiger partial charge in [-0.3, -0.25) is 4.79 Å². The van der Waals surface area contributed by atoms with E-state index in [9.17, 15) is 4.79 Å². The Balaban J connectivity index is 0.00000196. The highest BCUT2D eigenvalue weighted by Gasteiger charge is 2.32. The van der Waals surface area contributed by atoms with Crippen molar-refractivity contribution in [1.82, 2.24) is 4.90 Å². The second-order valence-electron chi connectivity index (χ2n) is 4.58. The van der Waals surface area contributed by atoms with E-state index in [4.69, 9.17) is 10.5 Å². The molecule has 4 nitrogen and oxygen atoms in total. The molecular weight excluding hydrogens is 216 g/mol. The molecule has 1 atom stereocenters. The van der Waals surface area contributed by atoms with E-state index in [1.54, 1.807) is 21.0 Å². The fourth-order valence-corrected chi connectivity index (χ4v) is 1.80. The molecule has 1 heterocycles. The van der Waals surface area contributed by atoms with Gasteiger partial charge in [-0.2, -0.15) is 0 Å².